The maximum atomic E-state index is 14.3. The molecule has 1 amide bonds. The molecule has 5 rings (SSSR count). The topological polar surface area (TPSA) is 113 Å². The number of methoxy groups -OCH3 is 1. The first-order valence-corrected chi connectivity index (χ1v) is 16.6. The van der Waals surface area contributed by atoms with Crippen molar-refractivity contribution >= 4 is 26.0 Å². The Hall–Kier alpha value is -4.03. The largest absolute Gasteiger partial charge is 0.496 e. The van der Waals surface area contributed by atoms with E-state index in [2.05, 4.69) is 4.72 Å². The normalized spacial score (nSPS) is 17.3. The summed E-state index contributed by atoms with van der Waals surface area (Å²) in [4.78, 5) is 14.3. The summed E-state index contributed by atoms with van der Waals surface area (Å²) < 4.78 is 63.8. The van der Waals surface area contributed by atoms with E-state index in [9.17, 15) is 21.6 Å². The predicted octanol–water partition coefficient (Wildman–Crippen LogP) is 4.66. The molecule has 1 aliphatic rings. The fraction of sp³-hybridized carbons (Fsp3) is 0.219. The van der Waals surface area contributed by atoms with Crippen LogP contribution in [0.5, 0.6) is 5.75 Å². The van der Waals surface area contributed by atoms with Crippen molar-refractivity contribution in [3.63, 3.8) is 0 Å². The van der Waals surface area contributed by atoms with Crippen molar-refractivity contribution in [2.24, 2.45) is 0 Å². The fourth-order valence-corrected chi connectivity index (χ4v) is 7.59. The van der Waals surface area contributed by atoms with Gasteiger partial charge in [0, 0.05) is 0 Å². The fourth-order valence-electron chi connectivity index (χ4n) is 4.87. The van der Waals surface area contributed by atoms with Crippen molar-refractivity contribution in [1.29, 1.82) is 0 Å². The van der Waals surface area contributed by atoms with Gasteiger partial charge in [-0.15, -0.1) is 0 Å². The SMILES string of the molecule is COc1cc(C2N(C(=O)C(Cc3ccccc3)NS(=O)(=O)c3ccc(C)cc3)N2S(=O)(=O)c2ccc(C)cc2)ccc1C. The van der Waals surface area contributed by atoms with Crippen LogP contribution >= 0.6 is 0 Å². The number of hydrogen-bond donors (Lipinski definition) is 1. The lowest BCUT2D eigenvalue weighted by Gasteiger charge is -2.19. The van der Waals surface area contributed by atoms with Crippen LogP contribution in [0.25, 0.3) is 0 Å². The van der Waals surface area contributed by atoms with Crippen LogP contribution in [0, 0.1) is 20.8 Å². The lowest BCUT2D eigenvalue weighted by molar-refractivity contribution is -0.129. The van der Waals surface area contributed by atoms with Gasteiger partial charge in [-0.05, 0) is 74.2 Å². The zero-order valence-electron chi connectivity index (χ0n) is 24.3. The maximum absolute atomic E-state index is 14.3. The summed E-state index contributed by atoms with van der Waals surface area (Å²) in [6.07, 6.45) is -1.00. The molecule has 4 aromatic rings. The number of amides is 1. The molecular weight excluding hydrogens is 587 g/mol. The number of hydrogen-bond acceptors (Lipinski definition) is 6. The summed E-state index contributed by atoms with van der Waals surface area (Å²) in [6.45, 7) is 5.55. The highest BCUT2D eigenvalue weighted by Gasteiger charge is 2.59. The monoisotopic (exact) mass is 619 g/mol. The Kier molecular flexibility index (Phi) is 8.44. The van der Waals surface area contributed by atoms with Crippen LogP contribution in [0.15, 0.2) is 107 Å². The predicted molar refractivity (Wildman–Crippen MR) is 163 cm³/mol. The van der Waals surface area contributed by atoms with Crippen LogP contribution in [0.3, 0.4) is 0 Å². The molecule has 4 aromatic carbocycles. The van der Waals surface area contributed by atoms with E-state index >= 15 is 0 Å². The summed E-state index contributed by atoms with van der Waals surface area (Å²) in [5.41, 5.74) is 3.81. The van der Waals surface area contributed by atoms with Crippen molar-refractivity contribution < 1.29 is 26.4 Å². The Labute approximate surface area is 252 Å². The third-order valence-electron chi connectivity index (χ3n) is 7.33. The van der Waals surface area contributed by atoms with Crippen LogP contribution < -0.4 is 9.46 Å². The Morgan fingerprint density at radius 1 is 0.814 bits per heavy atom. The minimum Gasteiger partial charge on any atom is -0.496 e. The first-order valence-electron chi connectivity index (χ1n) is 13.6. The maximum Gasteiger partial charge on any atom is 0.262 e. The molecule has 0 bridgehead atoms. The summed E-state index contributed by atoms with van der Waals surface area (Å²) >= 11 is 0. The van der Waals surface area contributed by atoms with Crippen LogP contribution in [0.4, 0.5) is 0 Å². The minimum absolute atomic E-state index is 0.00119. The first kappa shape index (κ1) is 30.4. The number of aryl methyl sites for hydroxylation is 3. The van der Waals surface area contributed by atoms with Crippen molar-refractivity contribution in [3.05, 3.63) is 125 Å². The quantitative estimate of drug-likeness (QED) is 0.259. The van der Waals surface area contributed by atoms with Crippen LogP contribution in [-0.2, 0) is 31.3 Å². The zero-order chi connectivity index (χ0) is 30.9. The Bertz CT molecular complexity index is 1840. The van der Waals surface area contributed by atoms with Gasteiger partial charge < -0.3 is 4.74 Å². The van der Waals surface area contributed by atoms with E-state index in [4.69, 9.17) is 4.74 Å². The number of nitrogens with zero attached hydrogens (tertiary/aromatic N) is 2. The van der Waals surface area contributed by atoms with E-state index in [0.717, 1.165) is 26.1 Å². The minimum atomic E-state index is -4.19. The van der Waals surface area contributed by atoms with E-state index in [-0.39, 0.29) is 16.2 Å². The average molecular weight is 620 g/mol. The number of carbonyl (C=O) groups excluding carboxylic acids is 1. The zero-order valence-corrected chi connectivity index (χ0v) is 25.9. The molecule has 0 spiro atoms. The van der Waals surface area contributed by atoms with E-state index in [1.165, 1.54) is 31.4 Å². The highest BCUT2D eigenvalue weighted by atomic mass is 32.2. The number of rotatable bonds is 10. The third kappa shape index (κ3) is 6.35. The van der Waals surface area contributed by atoms with Crippen molar-refractivity contribution in [1.82, 2.24) is 14.1 Å². The Morgan fingerprint density at radius 3 is 1.98 bits per heavy atom. The number of nitrogens with one attached hydrogen (secondary N) is 1. The van der Waals surface area contributed by atoms with Gasteiger partial charge >= 0.3 is 0 Å². The van der Waals surface area contributed by atoms with E-state index in [1.54, 1.807) is 66.7 Å². The molecule has 0 aromatic heterocycles. The molecule has 1 saturated heterocycles. The molecule has 1 N–H and O–H groups in total. The first-order chi connectivity index (χ1) is 20.4. The highest BCUT2D eigenvalue weighted by molar-refractivity contribution is 7.89. The van der Waals surface area contributed by atoms with Crippen LogP contribution in [-0.4, -0.2) is 45.3 Å². The van der Waals surface area contributed by atoms with Gasteiger partial charge in [0.25, 0.3) is 15.9 Å². The molecule has 9 nitrogen and oxygen atoms in total. The van der Waals surface area contributed by atoms with Gasteiger partial charge in [0.2, 0.25) is 10.0 Å². The number of carbonyl (C=O) groups is 1. The standard InChI is InChI=1S/C32H33N3O6S2/c1-22-10-16-27(17-11-22)42(37,38)33-29(20-25-8-6-5-7-9-25)32(36)34-31(26-15-14-24(3)30(21-26)41-4)35(34)43(39,40)28-18-12-23(2)13-19-28/h5-19,21,29,31,33H,20H2,1-4H3. The average Bonchev–Trinajstić information content (AvgIpc) is 3.74. The number of benzene rings is 4. The summed E-state index contributed by atoms with van der Waals surface area (Å²) in [5, 5.41) is 1.10. The molecule has 43 heavy (non-hydrogen) atoms. The molecule has 1 fully saturated rings. The van der Waals surface area contributed by atoms with Crippen LogP contribution in [0.2, 0.25) is 0 Å². The molecule has 0 saturated carbocycles. The number of ether oxygens (including phenoxy) is 1. The lowest BCUT2D eigenvalue weighted by atomic mass is 10.1. The summed E-state index contributed by atoms with van der Waals surface area (Å²) in [5.74, 6) is -0.176. The molecule has 11 heteroatoms. The summed E-state index contributed by atoms with van der Waals surface area (Å²) in [6, 6.07) is 25.5. The van der Waals surface area contributed by atoms with E-state index < -0.39 is 38.2 Å². The van der Waals surface area contributed by atoms with Crippen LogP contribution in [0.1, 0.15) is 34.0 Å². The van der Waals surface area contributed by atoms with E-state index in [0.29, 0.717) is 16.9 Å². The van der Waals surface area contributed by atoms with E-state index in [1.807, 2.05) is 26.8 Å². The molecule has 1 heterocycles. The Balaban J connectivity index is 1.56. The number of sulfonamides is 2. The van der Waals surface area contributed by atoms with Crippen molar-refractivity contribution in [3.8, 4) is 5.75 Å². The second-order valence-corrected chi connectivity index (χ2v) is 14.1. The van der Waals surface area contributed by atoms with Gasteiger partial charge in [-0.2, -0.15) is 4.72 Å². The van der Waals surface area contributed by atoms with Gasteiger partial charge in [0.05, 0.1) is 16.9 Å². The second kappa shape index (κ2) is 11.9. The number of hydrazine groups is 1. The van der Waals surface area contributed by atoms with Gasteiger partial charge in [-0.1, -0.05) is 82.3 Å². The smallest absolute Gasteiger partial charge is 0.262 e. The van der Waals surface area contributed by atoms with Gasteiger partial charge in [0.15, 0.2) is 6.17 Å². The summed E-state index contributed by atoms with van der Waals surface area (Å²) in [7, 11) is -6.82. The molecule has 3 unspecified atom stereocenters. The molecule has 224 valence electrons. The third-order valence-corrected chi connectivity index (χ3v) is 10.6. The van der Waals surface area contributed by atoms with Gasteiger partial charge in [0.1, 0.15) is 11.8 Å². The van der Waals surface area contributed by atoms with Gasteiger partial charge in [-0.3, -0.25) is 4.79 Å². The second-order valence-electron chi connectivity index (χ2n) is 10.6. The highest BCUT2D eigenvalue weighted by Crippen LogP contribution is 2.47. The lowest BCUT2D eigenvalue weighted by Crippen LogP contribution is -2.46. The molecular formula is C32H33N3O6S2. The molecule has 3 atom stereocenters. The molecule has 0 radical (unpaired) electrons. The molecule has 0 aliphatic carbocycles. The Morgan fingerprint density at radius 2 is 1.40 bits per heavy atom. The van der Waals surface area contributed by atoms with Crippen molar-refractivity contribution in [2.45, 2.75) is 49.2 Å². The molecule has 1 aliphatic heterocycles. The van der Waals surface area contributed by atoms with Gasteiger partial charge in [-0.25, -0.2) is 21.8 Å². The van der Waals surface area contributed by atoms with Crippen molar-refractivity contribution in [2.75, 3.05) is 7.11 Å².